The molecule has 1 aliphatic heterocycles. The number of amides is 1. The number of aliphatic hydroxyl groups is 1. The van der Waals surface area contributed by atoms with Crippen LogP contribution in [0.2, 0.25) is 5.02 Å². The molecule has 1 N–H and O–H groups in total. The van der Waals surface area contributed by atoms with Crippen LogP contribution in [0.4, 0.5) is 13.2 Å². The first-order valence-corrected chi connectivity index (χ1v) is 7.59. The number of hydrazone groups is 1. The van der Waals surface area contributed by atoms with Crippen molar-refractivity contribution in [1.29, 1.82) is 0 Å². The summed E-state index contributed by atoms with van der Waals surface area (Å²) in [4.78, 5) is 12.5. The molecule has 2 aliphatic rings. The minimum Gasteiger partial charge on any atom is -0.362 e. The third kappa shape index (κ3) is 2.52. The largest absolute Gasteiger partial charge is 0.439 e. The molecule has 0 saturated heterocycles. The lowest BCUT2D eigenvalue weighted by Crippen LogP contribution is -2.61. The maximum absolute atomic E-state index is 13.6. The first kappa shape index (κ1) is 16.3. The van der Waals surface area contributed by atoms with Crippen molar-refractivity contribution in [3.05, 3.63) is 34.9 Å². The van der Waals surface area contributed by atoms with Gasteiger partial charge in [0.05, 0.1) is 5.92 Å². The topological polar surface area (TPSA) is 52.9 Å². The molecule has 1 heterocycles. The first-order valence-electron chi connectivity index (χ1n) is 7.21. The van der Waals surface area contributed by atoms with E-state index in [1.807, 2.05) is 0 Å². The lowest BCUT2D eigenvalue weighted by Gasteiger charge is -2.38. The Labute approximate surface area is 135 Å². The van der Waals surface area contributed by atoms with Crippen molar-refractivity contribution < 1.29 is 23.1 Å². The summed E-state index contributed by atoms with van der Waals surface area (Å²) in [5, 5.41) is 14.8. The number of hydrogen-bond donors (Lipinski definition) is 1. The number of alkyl halides is 3. The van der Waals surface area contributed by atoms with E-state index in [0.29, 0.717) is 24.3 Å². The summed E-state index contributed by atoms with van der Waals surface area (Å²) in [6, 6.07) is 5.42. The molecular formula is C15H14ClF3N2O2. The average Bonchev–Trinajstić information content (AvgIpc) is 2.82. The van der Waals surface area contributed by atoms with Gasteiger partial charge in [-0.2, -0.15) is 23.3 Å². The van der Waals surface area contributed by atoms with E-state index in [1.165, 1.54) is 24.3 Å². The van der Waals surface area contributed by atoms with Crippen molar-refractivity contribution in [3.8, 4) is 0 Å². The van der Waals surface area contributed by atoms with E-state index in [9.17, 15) is 23.1 Å². The summed E-state index contributed by atoms with van der Waals surface area (Å²) in [6.07, 6.45) is -3.23. The predicted octanol–water partition coefficient (Wildman–Crippen LogP) is 3.59. The van der Waals surface area contributed by atoms with E-state index in [1.54, 1.807) is 0 Å². The second kappa shape index (κ2) is 5.49. The van der Waals surface area contributed by atoms with Crippen LogP contribution in [0.5, 0.6) is 0 Å². The van der Waals surface area contributed by atoms with E-state index in [2.05, 4.69) is 5.10 Å². The molecule has 1 aromatic carbocycles. The van der Waals surface area contributed by atoms with Crippen LogP contribution in [-0.4, -0.2) is 33.6 Å². The Kier molecular flexibility index (Phi) is 3.88. The molecule has 2 atom stereocenters. The minimum absolute atomic E-state index is 0.0138. The number of rotatable bonds is 1. The van der Waals surface area contributed by atoms with Crippen LogP contribution >= 0.6 is 11.6 Å². The van der Waals surface area contributed by atoms with Crippen molar-refractivity contribution in [1.82, 2.24) is 5.01 Å². The van der Waals surface area contributed by atoms with Gasteiger partial charge in [0.2, 0.25) is 0 Å². The van der Waals surface area contributed by atoms with Crippen LogP contribution in [-0.2, 0) is 0 Å². The van der Waals surface area contributed by atoms with Crippen molar-refractivity contribution in [2.24, 2.45) is 11.0 Å². The Balaban J connectivity index is 2.03. The van der Waals surface area contributed by atoms with E-state index in [-0.39, 0.29) is 22.7 Å². The van der Waals surface area contributed by atoms with Crippen LogP contribution in [0.25, 0.3) is 0 Å². The quantitative estimate of drug-likeness (QED) is 0.844. The number of nitrogens with zero attached hydrogens (tertiary/aromatic N) is 2. The number of benzene rings is 1. The average molecular weight is 347 g/mol. The van der Waals surface area contributed by atoms with Gasteiger partial charge in [-0.15, -0.1) is 0 Å². The number of carbonyl (C=O) groups is 1. The number of hydrogen-bond acceptors (Lipinski definition) is 3. The number of fused-ring (bicyclic) bond motifs is 1. The van der Waals surface area contributed by atoms with Crippen LogP contribution in [0, 0.1) is 5.92 Å². The molecule has 0 spiro atoms. The zero-order valence-electron chi connectivity index (χ0n) is 12.0. The molecule has 1 saturated carbocycles. The molecule has 0 bridgehead atoms. The zero-order valence-corrected chi connectivity index (χ0v) is 12.7. The van der Waals surface area contributed by atoms with Gasteiger partial charge in [-0.3, -0.25) is 4.79 Å². The van der Waals surface area contributed by atoms with Crippen molar-refractivity contribution >= 4 is 23.2 Å². The third-order valence-corrected chi connectivity index (χ3v) is 4.57. The molecule has 23 heavy (non-hydrogen) atoms. The standard InChI is InChI=1S/C15H14ClF3N2O2/c16-10-7-5-9(6-8-10)13(22)21-14(23,15(17,18)19)11-3-1-2-4-12(11)20-21/h5-8,11,23H,1-4H2/t11-,14-/m0/s1. The maximum Gasteiger partial charge on any atom is 0.439 e. The molecule has 1 aliphatic carbocycles. The fraction of sp³-hybridized carbons (Fsp3) is 0.467. The van der Waals surface area contributed by atoms with Gasteiger partial charge in [-0.1, -0.05) is 18.0 Å². The summed E-state index contributed by atoms with van der Waals surface area (Å²) in [7, 11) is 0. The van der Waals surface area contributed by atoms with Crippen molar-refractivity contribution in [3.63, 3.8) is 0 Å². The van der Waals surface area contributed by atoms with E-state index < -0.39 is 23.7 Å². The highest BCUT2D eigenvalue weighted by Crippen LogP contribution is 2.48. The Bertz CT molecular complexity index is 660. The molecule has 4 nitrogen and oxygen atoms in total. The molecule has 1 aromatic rings. The monoisotopic (exact) mass is 346 g/mol. The molecule has 124 valence electrons. The molecule has 1 amide bonds. The molecule has 1 fully saturated rings. The lowest BCUT2D eigenvalue weighted by atomic mass is 9.80. The highest BCUT2D eigenvalue weighted by Gasteiger charge is 2.68. The predicted molar refractivity (Wildman–Crippen MR) is 78.0 cm³/mol. The minimum atomic E-state index is -5.00. The Morgan fingerprint density at radius 2 is 1.96 bits per heavy atom. The zero-order chi connectivity index (χ0) is 16.8. The summed E-state index contributed by atoms with van der Waals surface area (Å²) < 4.78 is 40.7. The highest BCUT2D eigenvalue weighted by molar-refractivity contribution is 6.30. The fourth-order valence-corrected chi connectivity index (χ4v) is 3.26. The van der Waals surface area contributed by atoms with E-state index in [4.69, 9.17) is 11.6 Å². The SMILES string of the molecule is O=C(c1ccc(Cl)cc1)N1N=C2CCCC[C@@H]2[C@]1(O)C(F)(F)F. The molecule has 0 unspecified atom stereocenters. The Morgan fingerprint density at radius 3 is 2.57 bits per heavy atom. The van der Waals surface area contributed by atoms with Gasteiger partial charge in [0, 0.05) is 16.3 Å². The normalized spacial score (nSPS) is 27.6. The van der Waals surface area contributed by atoms with Gasteiger partial charge < -0.3 is 5.11 Å². The highest BCUT2D eigenvalue weighted by atomic mass is 35.5. The van der Waals surface area contributed by atoms with Crippen molar-refractivity contribution in [2.45, 2.75) is 37.6 Å². The van der Waals surface area contributed by atoms with Gasteiger partial charge in [0.25, 0.3) is 11.6 Å². The van der Waals surface area contributed by atoms with E-state index in [0.717, 1.165) is 0 Å². The molecule has 8 heteroatoms. The number of carbonyl (C=O) groups excluding carboxylic acids is 1. The second-order valence-corrected chi connectivity index (χ2v) is 6.17. The van der Waals surface area contributed by atoms with Crippen LogP contribution in [0.15, 0.2) is 29.4 Å². The van der Waals surface area contributed by atoms with Crippen LogP contribution in [0.3, 0.4) is 0 Å². The summed E-state index contributed by atoms with van der Waals surface area (Å²) in [6.45, 7) is 0. The van der Waals surface area contributed by atoms with Gasteiger partial charge in [-0.25, -0.2) is 0 Å². The van der Waals surface area contributed by atoms with E-state index >= 15 is 0 Å². The summed E-state index contributed by atoms with van der Waals surface area (Å²) in [5.41, 5.74) is -3.07. The third-order valence-electron chi connectivity index (χ3n) is 4.32. The fourth-order valence-electron chi connectivity index (χ4n) is 3.13. The van der Waals surface area contributed by atoms with Gasteiger partial charge in [0.1, 0.15) is 0 Å². The molecular weight excluding hydrogens is 333 g/mol. The summed E-state index contributed by atoms with van der Waals surface area (Å²) >= 11 is 5.72. The number of halogens is 4. The van der Waals surface area contributed by atoms with Gasteiger partial charge in [-0.05, 0) is 43.5 Å². The second-order valence-electron chi connectivity index (χ2n) is 5.74. The van der Waals surface area contributed by atoms with Crippen LogP contribution < -0.4 is 0 Å². The Morgan fingerprint density at radius 1 is 1.30 bits per heavy atom. The summed E-state index contributed by atoms with van der Waals surface area (Å²) in [5.74, 6) is -2.20. The van der Waals surface area contributed by atoms with Gasteiger partial charge >= 0.3 is 6.18 Å². The smallest absolute Gasteiger partial charge is 0.362 e. The van der Waals surface area contributed by atoms with Gasteiger partial charge in [0.15, 0.2) is 0 Å². The molecule has 0 radical (unpaired) electrons. The lowest BCUT2D eigenvalue weighted by molar-refractivity contribution is -0.312. The molecule has 3 rings (SSSR count). The van der Waals surface area contributed by atoms with Crippen molar-refractivity contribution in [2.75, 3.05) is 0 Å². The van der Waals surface area contributed by atoms with Crippen LogP contribution in [0.1, 0.15) is 36.0 Å². The molecule has 0 aromatic heterocycles. The Hall–Kier alpha value is -1.60. The maximum atomic E-state index is 13.6. The first-order chi connectivity index (χ1) is 10.7.